The van der Waals surface area contributed by atoms with Gasteiger partial charge in [0.15, 0.2) is 0 Å². The van der Waals surface area contributed by atoms with Crippen LogP contribution in [-0.2, 0) is 16.6 Å². The molecule has 0 unspecified atom stereocenters. The first kappa shape index (κ1) is 16.5. The molecule has 0 spiro atoms. The molecule has 0 radical (unpaired) electrons. The summed E-state index contributed by atoms with van der Waals surface area (Å²) in [6, 6.07) is 5.70. The van der Waals surface area contributed by atoms with Gasteiger partial charge in [-0.05, 0) is 37.0 Å². The fraction of sp³-hybridized carbons (Fsp3) is 0.529. The predicted octanol–water partition coefficient (Wildman–Crippen LogP) is 0.888. The van der Waals surface area contributed by atoms with Gasteiger partial charge in [0.2, 0.25) is 10.0 Å². The summed E-state index contributed by atoms with van der Waals surface area (Å²) >= 11 is 0. The van der Waals surface area contributed by atoms with E-state index in [0.29, 0.717) is 43.0 Å². The highest BCUT2D eigenvalue weighted by atomic mass is 32.2. The molecule has 2 aliphatic rings. The Morgan fingerprint density at radius 1 is 1.16 bits per heavy atom. The van der Waals surface area contributed by atoms with Crippen molar-refractivity contribution in [2.75, 3.05) is 37.3 Å². The van der Waals surface area contributed by atoms with Gasteiger partial charge in [-0.15, -0.1) is 0 Å². The minimum absolute atomic E-state index is 0.0188. The molecule has 2 aromatic rings. The maximum Gasteiger partial charge on any atom is 0.261 e. The van der Waals surface area contributed by atoms with E-state index >= 15 is 0 Å². The lowest BCUT2D eigenvalue weighted by Crippen LogP contribution is -2.48. The molecular weight excluding hydrogens is 340 g/mol. The van der Waals surface area contributed by atoms with Gasteiger partial charge in [0.25, 0.3) is 5.56 Å². The maximum absolute atomic E-state index is 12.6. The molecule has 0 amide bonds. The highest BCUT2D eigenvalue weighted by Crippen LogP contribution is 2.30. The van der Waals surface area contributed by atoms with Crippen molar-refractivity contribution >= 4 is 26.6 Å². The Labute approximate surface area is 146 Å². The van der Waals surface area contributed by atoms with Crippen LogP contribution in [0.25, 0.3) is 10.9 Å². The molecule has 0 bridgehead atoms. The second kappa shape index (κ2) is 6.10. The van der Waals surface area contributed by atoms with Crippen LogP contribution in [0.4, 0.5) is 5.69 Å². The molecule has 1 aliphatic carbocycles. The van der Waals surface area contributed by atoms with Gasteiger partial charge in [0.1, 0.15) is 0 Å². The Hall–Kier alpha value is -1.93. The topological polar surface area (TPSA) is 75.5 Å². The Balaban J connectivity index is 1.56. The molecule has 1 saturated heterocycles. The number of sulfonamides is 1. The minimum atomic E-state index is -3.13. The summed E-state index contributed by atoms with van der Waals surface area (Å²) in [5.41, 5.74) is 1.69. The van der Waals surface area contributed by atoms with E-state index in [-0.39, 0.29) is 5.56 Å². The zero-order chi connectivity index (χ0) is 17.6. The van der Waals surface area contributed by atoms with Gasteiger partial charge in [-0.2, -0.15) is 4.31 Å². The fourth-order valence-electron chi connectivity index (χ4n) is 3.33. The number of aromatic nitrogens is 2. The van der Waals surface area contributed by atoms with E-state index in [0.717, 1.165) is 12.2 Å². The van der Waals surface area contributed by atoms with Crippen molar-refractivity contribution in [1.29, 1.82) is 0 Å². The summed E-state index contributed by atoms with van der Waals surface area (Å²) in [5, 5.41) is 0.640. The monoisotopic (exact) mass is 362 g/mol. The quantitative estimate of drug-likeness (QED) is 0.807. The normalized spacial score (nSPS) is 19.5. The van der Waals surface area contributed by atoms with E-state index in [1.807, 2.05) is 18.2 Å². The smallest absolute Gasteiger partial charge is 0.261 e. The second-order valence-corrected chi connectivity index (χ2v) is 8.98. The van der Waals surface area contributed by atoms with E-state index < -0.39 is 10.0 Å². The summed E-state index contributed by atoms with van der Waals surface area (Å²) < 4.78 is 26.4. The third-order valence-corrected chi connectivity index (χ3v) is 6.34. The summed E-state index contributed by atoms with van der Waals surface area (Å²) in [4.78, 5) is 19.2. The molecular formula is C17H22N4O3S. The van der Waals surface area contributed by atoms with Gasteiger partial charge in [0, 0.05) is 38.4 Å². The van der Waals surface area contributed by atoms with Crippen LogP contribution in [0.1, 0.15) is 12.8 Å². The van der Waals surface area contributed by atoms with E-state index in [9.17, 15) is 13.2 Å². The van der Waals surface area contributed by atoms with Crippen molar-refractivity contribution in [3.63, 3.8) is 0 Å². The summed E-state index contributed by atoms with van der Waals surface area (Å²) in [5.74, 6) is 0.627. The van der Waals surface area contributed by atoms with Crippen molar-refractivity contribution in [1.82, 2.24) is 13.9 Å². The van der Waals surface area contributed by atoms with Crippen molar-refractivity contribution in [3.05, 3.63) is 34.9 Å². The van der Waals surface area contributed by atoms with Crippen LogP contribution in [0, 0.1) is 5.92 Å². The SMILES string of the molecule is CS(=O)(=O)N1CCN(c2ccc3c(=O)n(CC4CC4)cnc3c2)CC1. The van der Waals surface area contributed by atoms with Gasteiger partial charge in [-0.25, -0.2) is 13.4 Å². The zero-order valence-electron chi connectivity index (χ0n) is 14.3. The lowest BCUT2D eigenvalue weighted by atomic mass is 10.2. The van der Waals surface area contributed by atoms with E-state index in [2.05, 4.69) is 9.88 Å². The Kier molecular flexibility index (Phi) is 4.04. The molecule has 0 atom stereocenters. The van der Waals surface area contributed by atoms with Crippen molar-refractivity contribution < 1.29 is 8.42 Å². The number of rotatable bonds is 4. The molecule has 4 rings (SSSR count). The second-order valence-electron chi connectivity index (χ2n) is 7.00. The van der Waals surface area contributed by atoms with Gasteiger partial charge >= 0.3 is 0 Å². The first-order valence-corrected chi connectivity index (χ1v) is 10.5. The molecule has 134 valence electrons. The van der Waals surface area contributed by atoms with Crippen LogP contribution >= 0.6 is 0 Å². The summed E-state index contributed by atoms with van der Waals surface area (Å²) in [6.07, 6.45) is 5.29. The van der Waals surface area contributed by atoms with Crippen LogP contribution in [-0.4, -0.2) is 54.7 Å². The summed E-state index contributed by atoms with van der Waals surface area (Å²) in [7, 11) is -3.13. The van der Waals surface area contributed by atoms with Gasteiger partial charge in [-0.3, -0.25) is 9.36 Å². The number of anilines is 1. The molecule has 8 heteroatoms. The molecule has 1 aliphatic heterocycles. The van der Waals surface area contributed by atoms with Crippen molar-refractivity contribution in [2.45, 2.75) is 19.4 Å². The first-order valence-electron chi connectivity index (χ1n) is 8.61. The average Bonchev–Trinajstić information content (AvgIpc) is 3.41. The maximum atomic E-state index is 12.6. The third kappa shape index (κ3) is 3.41. The summed E-state index contributed by atoms with van der Waals surface area (Å²) in [6.45, 7) is 2.99. The number of hydrogen-bond acceptors (Lipinski definition) is 5. The average molecular weight is 362 g/mol. The number of piperazine rings is 1. The van der Waals surface area contributed by atoms with Gasteiger partial charge in [0.05, 0.1) is 23.5 Å². The van der Waals surface area contributed by atoms with E-state index in [1.54, 1.807) is 10.9 Å². The van der Waals surface area contributed by atoms with Gasteiger partial charge in [-0.1, -0.05) is 0 Å². The Morgan fingerprint density at radius 3 is 2.52 bits per heavy atom. The standard InChI is InChI=1S/C17H22N4O3S/c1-25(23,24)21-8-6-19(7-9-21)14-4-5-15-16(10-14)18-12-20(17(15)22)11-13-2-3-13/h4-5,10,12-13H,2-3,6-9,11H2,1H3. The van der Waals surface area contributed by atoms with Crippen LogP contribution in [0.15, 0.2) is 29.3 Å². The molecule has 25 heavy (non-hydrogen) atoms. The van der Waals surface area contributed by atoms with Crippen LogP contribution in [0.2, 0.25) is 0 Å². The van der Waals surface area contributed by atoms with Crippen LogP contribution in [0.3, 0.4) is 0 Å². The molecule has 0 N–H and O–H groups in total. The Morgan fingerprint density at radius 2 is 1.88 bits per heavy atom. The fourth-order valence-corrected chi connectivity index (χ4v) is 4.16. The third-order valence-electron chi connectivity index (χ3n) is 5.03. The van der Waals surface area contributed by atoms with Crippen molar-refractivity contribution in [2.24, 2.45) is 5.92 Å². The molecule has 1 aromatic heterocycles. The Bertz CT molecular complexity index is 958. The number of nitrogens with zero attached hydrogens (tertiary/aromatic N) is 4. The predicted molar refractivity (Wildman–Crippen MR) is 97.4 cm³/mol. The van der Waals surface area contributed by atoms with Crippen molar-refractivity contribution in [3.8, 4) is 0 Å². The van der Waals surface area contributed by atoms with Gasteiger partial charge < -0.3 is 4.90 Å². The molecule has 2 fully saturated rings. The largest absolute Gasteiger partial charge is 0.369 e. The number of hydrogen-bond donors (Lipinski definition) is 0. The number of fused-ring (bicyclic) bond motifs is 1. The first-order chi connectivity index (χ1) is 11.9. The highest BCUT2D eigenvalue weighted by molar-refractivity contribution is 7.88. The lowest BCUT2D eigenvalue weighted by Gasteiger charge is -2.34. The molecule has 1 aromatic carbocycles. The molecule has 7 nitrogen and oxygen atoms in total. The minimum Gasteiger partial charge on any atom is -0.369 e. The van der Waals surface area contributed by atoms with E-state index in [1.165, 1.54) is 23.4 Å². The lowest BCUT2D eigenvalue weighted by molar-refractivity contribution is 0.388. The zero-order valence-corrected chi connectivity index (χ0v) is 15.1. The van der Waals surface area contributed by atoms with Crippen LogP contribution < -0.4 is 10.5 Å². The van der Waals surface area contributed by atoms with E-state index in [4.69, 9.17) is 0 Å². The molecule has 2 heterocycles. The van der Waals surface area contributed by atoms with Crippen LogP contribution in [0.5, 0.6) is 0 Å². The molecule has 1 saturated carbocycles. The number of benzene rings is 1. The highest BCUT2D eigenvalue weighted by Gasteiger charge is 2.24.